The Morgan fingerprint density at radius 3 is 2.78 bits per heavy atom. The van der Waals surface area contributed by atoms with E-state index in [1.807, 2.05) is 6.07 Å². The first-order valence-corrected chi connectivity index (χ1v) is 12.7. The average Bonchev–Trinajstić information content (AvgIpc) is 3.20. The molecule has 0 radical (unpaired) electrons. The summed E-state index contributed by atoms with van der Waals surface area (Å²) in [5, 5.41) is 3.16. The summed E-state index contributed by atoms with van der Waals surface area (Å²) in [5.41, 5.74) is 2.54. The van der Waals surface area contributed by atoms with E-state index in [2.05, 4.69) is 30.0 Å². The number of benzene rings is 1. The summed E-state index contributed by atoms with van der Waals surface area (Å²) in [4.78, 5) is 16.3. The van der Waals surface area contributed by atoms with Crippen LogP contribution in [0.25, 0.3) is 11.2 Å². The lowest BCUT2D eigenvalue weighted by atomic mass is 9.90. The summed E-state index contributed by atoms with van der Waals surface area (Å²) in [6.07, 6.45) is 7.75. The molecule has 1 fully saturated rings. The van der Waals surface area contributed by atoms with Crippen LogP contribution in [-0.2, 0) is 15.8 Å². The lowest BCUT2D eigenvalue weighted by molar-refractivity contribution is 0.205. The quantitative estimate of drug-likeness (QED) is 0.445. The van der Waals surface area contributed by atoms with Gasteiger partial charge >= 0.3 is 0 Å². The maximum atomic E-state index is 12.3. The zero-order valence-corrected chi connectivity index (χ0v) is 19.3. The van der Waals surface area contributed by atoms with Gasteiger partial charge in [-0.15, -0.1) is 0 Å². The monoisotopic (exact) mass is 458 g/mol. The molecule has 32 heavy (non-hydrogen) atoms. The maximum absolute atomic E-state index is 12.3. The van der Waals surface area contributed by atoms with Crippen molar-refractivity contribution in [1.82, 2.24) is 24.7 Å². The number of rotatable bonds is 9. The van der Waals surface area contributed by atoms with Crippen molar-refractivity contribution in [2.24, 2.45) is 5.92 Å². The van der Waals surface area contributed by atoms with E-state index >= 15 is 0 Å². The number of anilines is 2. The lowest BCUT2D eigenvalue weighted by Gasteiger charge is -2.21. The summed E-state index contributed by atoms with van der Waals surface area (Å²) < 4.78 is 33.2. The van der Waals surface area contributed by atoms with Crippen molar-refractivity contribution in [2.45, 2.75) is 57.7 Å². The highest BCUT2D eigenvalue weighted by Gasteiger charge is 2.18. The van der Waals surface area contributed by atoms with Crippen molar-refractivity contribution >= 4 is 32.8 Å². The summed E-state index contributed by atoms with van der Waals surface area (Å²) in [6, 6.07) is 7.05. The van der Waals surface area contributed by atoms with Crippen LogP contribution in [0.1, 0.15) is 51.5 Å². The predicted molar refractivity (Wildman–Crippen MR) is 124 cm³/mol. The van der Waals surface area contributed by atoms with E-state index in [0.29, 0.717) is 46.8 Å². The highest BCUT2D eigenvalue weighted by Crippen LogP contribution is 2.27. The Kier molecular flexibility index (Phi) is 6.90. The Morgan fingerprint density at radius 2 is 2.00 bits per heavy atom. The number of nitrogens with zero attached hydrogens (tertiary/aromatic N) is 3. The third-order valence-corrected chi connectivity index (χ3v) is 6.93. The van der Waals surface area contributed by atoms with Crippen LogP contribution in [0.2, 0.25) is 0 Å². The SMILES string of the molecule is CC(C)NS(=O)(=O)Cc1cccc(Nc2nc(OCC3CCCCC3)c3[nH]cnc3n2)c1. The second kappa shape index (κ2) is 9.83. The van der Waals surface area contributed by atoms with Crippen LogP contribution in [0.3, 0.4) is 0 Å². The molecule has 3 aromatic rings. The smallest absolute Gasteiger partial charge is 0.245 e. The minimum absolute atomic E-state index is 0.101. The van der Waals surface area contributed by atoms with E-state index in [9.17, 15) is 8.42 Å². The summed E-state index contributed by atoms with van der Waals surface area (Å²) in [6.45, 7) is 4.22. The number of aromatic nitrogens is 4. The number of ether oxygens (including phenoxy) is 1. The molecule has 4 rings (SSSR count). The van der Waals surface area contributed by atoms with Gasteiger partial charge in [-0.05, 0) is 50.3 Å². The molecule has 2 heterocycles. The van der Waals surface area contributed by atoms with Crippen LogP contribution in [0.15, 0.2) is 30.6 Å². The molecule has 3 N–H and O–H groups in total. The molecule has 2 aromatic heterocycles. The van der Waals surface area contributed by atoms with Gasteiger partial charge < -0.3 is 15.0 Å². The standard InChI is InChI=1S/C22H30N6O3S/c1-15(2)28-32(29,30)13-17-9-6-10-18(11-17)25-22-26-20-19(23-14-24-20)21(27-22)31-12-16-7-4-3-5-8-16/h6,9-11,14-16,28H,3-5,7-8,12-13H2,1-2H3,(H2,23,24,25,26,27). The van der Waals surface area contributed by atoms with Crippen LogP contribution >= 0.6 is 0 Å². The zero-order chi connectivity index (χ0) is 22.6. The maximum Gasteiger partial charge on any atom is 0.245 e. The highest BCUT2D eigenvalue weighted by atomic mass is 32.2. The molecule has 9 nitrogen and oxygen atoms in total. The van der Waals surface area contributed by atoms with E-state index in [4.69, 9.17) is 4.74 Å². The summed E-state index contributed by atoms with van der Waals surface area (Å²) in [7, 11) is -3.41. The van der Waals surface area contributed by atoms with E-state index in [0.717, 1.165) is 0 Å². The minimum Gasteiger partial charge on any atom is -0.476 e. The number of aromatic amines is 1. The van der Waals surface area contributed by atoms with Crippen LogP contribution in [0, 0.1) is 5.92 Å². The van der Waals surface area contributed by atoms with Gasteiger partial charge in [-0.25, -0.2) is 18.1 Å². The number of fused-ring (bicyclic) bond motifs is 1. The molecule has 0 atom stereocenters. The fourth-order valence-corrected chi connectivity index (χ4v) is 5.43. The predicted octanol–water partition coefficient (Wildman–Crippen LogP) is 3.88. The second-order valence-electron chi connectivity index (χ2n) is 8.63. The van der Waals surface area contributed by atoms with Gasteiger partial charge in [-0.2, -0.15) is 9.97 Å². The number of H-pyrrole nitrogens is 1. The molecule has 172 valence electrons. The first-order chi connectivity index (χ1) is 15.4. The Hall–Kier alpha value is -2.72. The van der Waals surface area contributed by atoms with Crippen molar-refractivity contribution in [3.63, 3.8) is 0 Å². The van der Waals surface area contributed by atoms with Gasteiger partial charge in [0.05, 0.1) is 18.7 Å². The van der Waals surface area contributed by atoms with E-state index in [1.54, 1.807) is 38.4 Å². The molecule has 0 amide bonds. The first-order valence-electron chi connectivity index (χ1n) is 11.1. The number of hydrogen-bond donors (Lipinski definition) is 3. The first kappa shape index (κ1) is 22.5. The fraction of sp³-hybridized carbons (Fsp3) is 0.500. The summed E-state index contributed by atoms with van der Waals surface area (Å²) >= 11 is 0. The third-order valence-electron chi connectivity index (χ3n) is 5.39. The molecular formula is C22H30N6O3S. The van der Waals surface area contributed by atoms with Crippen LogP contribution in [0.4, 0.5) is 11.6 Å². The Bertz CT molecular complexity index is 1160. The van der Waals surface area contributed by atoms with Crippen LogP contribution < -0.4 is 14.8 Å². The van der Waals surface area contributed by atoms with Gasteiger partial charge in [0.1, 0.15) is 5.52 Å². The van der Waals surface area contributed by atoms with Gasteiger partial charge in [0.15, 0.2) is 5.65 Å². The topological polar surface area (TPSA) is 122 Å². The molecule has 0 saturated heterocycles. The zero-order valence-electron chi connectivity index (χ0n) is 18.5. The molecule has 10 heteroatoms. The largest absolute Gasteiger partial charge is 0.476 e. The second-order valence-corrected chi connectivity index (χ2v) is 10.4. The van der Waals surface area contributed by atoms with Gasteiger partial charge in [-0.1, -0.05) is 31.4 Å². The number of sulfonamides is 1. The van der Waals surface area contributed by atoms with E-state index in [1.165, 1.54) is 32.1 Å². The minimum atomic E-state index is -3.41. The van der Waals surface area contributed by atoms with Crippen molar-refractivity contribution in [3.8, 4) is 5.88 Å². The molecule has 1 aliphatic rings. The van der Waals surface area contributed by atoms with Crippen LogP contribution in [0.5, 0.6) is 5.88 Å². The van der Waals surface area contributed by atoms with Crippen molar-refractivity contribution in [1.29, 1.82) is 0 Å². The van der Waals surface area contributed by atoms with Gasteiger partial charge in [0.2, 0.25) is 21.9 Å². The highest BCUT2D eigenvalue weighted by molar-refractivity contribution is 7.88. The number of nitrogens with one attached hydrogen (secondary N) is 3. The van der Waals surface area contributed by atoms with Crippen molar-refractivity contribution in [2.75, 3.05) is 11.9 Å². The Labute approximate surface area is 188 Å². The average molecular weight is 459 g/mol. The normalized spacial score (nSPS) is 15.3. The van der Waals surface area contributed by atoms with E-state index < -0.39 is 10.0 Å². The van der Waals surface area contributed by atoms with Crippen molar-refractivity contribution < 1.29 is 13.2 Å². The Morgan fingerprint density at radius 1 is 1.19 bits per heavy atom. The lowest BCUT2D eigenvalue weighted by Crippen LogP contribution is -2.31. The molecule has 0 aliphatic heterocycles. The van der Waals surface area contributed by atoms with E-state index in [-0.39, 0.29) is 11.8 Å². The number of imidazole rings is 1. The van der Waals surface area contributed by atoms with Gasteiger partial charge in [0, 0.05) is 11.7 Å². The molecule has 1 saturated carbocycles. The molecule has 1 aromatic carbocycles. The Balaban J connectivity index is 1.50. The van der Waals surface area contributed by atoms with Gasteiger partial charge in [0.25, 0.3) is 0 Å². The molecule has 0 spiro atoms. The molecular weight excluding hydrogens is 428 g/mol. The molecule has 1 aliphatic carbocycles. The van der Waals surface area contributed by atoms with Crippen molar-refractivity contribution in [3.05, 3.63) is 36.2 Å². The molecule has 0 bridgehead atoms. The fourth-order valence-electron chi connectivity index (χ4n) is 4.01. The summed E-state index contributed by atoms with van der Waals surface area (Å²) in [5.74, 6) is 1.27. The van der Waals surface area contributed by atoms with Crippen LogP contribution in [-0.4, -0.2) is 41.0 Å². The molecule has 0 unspecified atom stereocenters. The van der Waals surface area contributed by atoms with Gasteiger partial charge in [-0.3, -0.25) is 0 Å². The number of hydrogen-bond acceptors (Lipinski definition) is 7. The third kappa shape index (κ3) is 5.95.